The first-order chi connectivity index (χ1) is 22.5. The molecule has 0 aromatic heterocycles. The molecule has 3 heterocycles. The van der Waals surface area contributed by atoms with E-state index in [1.54, 1.807) is 11.0 Å². The number of para-hydroxylation sites is 2. The lowest BCUT2D eigenvalue weighted by Crippen LogP contribution is -2.49. The third-order valence-electron chi connectivity index (χ3n) is 9.64. The van der Waals surface area contributed by atoms with E-state index in [0.717, 1.165) is 84.1 Å². The molecular formula is C38H39FN4O3. The molecule has 0 unspecified atom stereocenters. The van der Waals surface area contributed by atoms with E-state index in [9.17, 15) is 14.0 Å². The molecule has 4 aromatic rings. The quantitative estimate of drug-likeness (QED) is 0.245. The summed E-state index contributed by atoms with van der Waals surface area (Å²) in [5, 5.41) is 3.13. The van der Waals surface area contributed by atoms with E-state index >= 15 is 0 Å². The minimum Gasteiger partial charge on any atom is -0.457 e. The Balaban J connectivity index is 1.00. The summed E-state index contributed by atoms with van der Waals surface area (Å²) < 4.78 is 19.9. The van der Waals surface area contributed by atoms with Crippen molar-refractivity contribution in [2.45, 2.75) is 38.3 Å². The average Bonchev–Trinajstić information content (AvgIpc) is 3.38. The van der Waals surface area contributed by atoms with Gasteiger partial charge < -0.3 is 19.9 Å². The highest BCUT2D eigenvalue weighted by atomic mass is 19.1. The Hall–Kier alpha value is -4.69. The lowest BCUT2D eigenvalue weighted by molar-refractivity contribution is -0.125. The van der Waals surface area contributed by atoms with Crippen LogP contribution in [0, 0.1) is 5.82 Å². The van der Waals surface area contributed by atoms with E-state index in [0.29, 0.717) is 26.1 Å². The van der Waals surface area contributed by atoms with E-state index in [2.05, 4.69) is 27.2 Å². The summed E-state index contributed by atoms with van der Waals surface area (Å²) in [5.74, 6) is 1.21. The van der Waals surface area contributed by atoms with Crippen molar-refractivity contribution in [3.05, 3.63) is 125 Å². The van der Waals surface area contributed by atoms with Gasteiger partial charge in [-0.1, -0.05) is 54.6 Å². The van der Waals surface area contributed by atoms with Gasteiger partial charge in [0.05, 0.1) is 0 Å². The van der Waals surface area contributed by atoms with Crippen molar-refractivity contribution in [3.8, 4) is 11.5 Å². The third kappa shape index (κ3) is 5.51. The van der Waals surface area contributed by atoms with Crippen LogP contribution >= 0.6 is 0 Å². The molecule has 0 atom stereocenters. The Morgan fingerprint density at radius 1 is 0.891 bits per heavy atom. The van der Waals surface area contributed by atoms with Crippen molar-refractivity contribution in [1.29, 1.82) is 0 Å². The first-order valence-corrected chi connectivity index (χ1v) is 16.3. The van der Waals surface area contributed by atoms with Crippen molar-refractivity contribution in [3.63, 3.8) is 0 Å². The minimum atomic E-state index is -0.817. The third-order valence-corrected chi connectivity index (χ3v) is 9.64. The van der Waals surface area contributed by atoms with Crippen LogP contribution in [0.1, 0.15) is 52.4 Å². The fourth-order valence-corrected chi connectivity index (χ4v) is 7.35. The molecule has 7 nitrogen and oxygen atoms in total. The van der Waals surface area contributed by atoms with Crippen LogP contribution in [0.15, 0.2) is 91.0 Å². The summed E-state index contributed by atoms with van der Waals surface area (Å²) in [6.45, 7) is 7.87. The maximum absolute atomic E-state index is 13.9. The van der Waals surface area contributed by atoms with E-state index in [1.807, 2.05) is 67.6 Å². The summed E-state index contributed by atoms with van der Waals surface area (Å²) in [6.07, 6.45) is 1.53. The molecular weight excluding hydrogens is 579 g/mol. The first-order valence-electron chi connectivity index (χ1n) is 16.3. The summed E-state index contributed by atoms with van der Waals surface area (Å²) in [4.78, 5) is 33.8. The zero-order chi connectivity index (χ0) is 31.7. The maximum atomic E-state index is 13.9. The molecule has 3 aliphatic rings. The fourth-order valence-electron chi connectivity index (χ4n) is 7.35. The van der Waals surface area contributed by atoms with Crippen LogP contribution in [-0.4, -0.2) is 60.9 Å². The number of nitrogens with one attached hydrogen (secondary N) is 1. The Kier molecular flexibility index (Phi) is 8.21. The summed E-state index contributed by atoms with van der Waals surface area (Å²) in [5.41, 5.74) is 4.63. The van der Waals surface area contributed by atoms with E-state index in [1.165, 1.54) is 12.1 Å². The molecule has 1 N–H and O–H groups in total. The topological polar surface area (TPSA) is 65.1 Å². The SMILES string of the molecule is CCNC(=O)C1(CCCN2CCN(c3ccc4c(c3)C(=O)N(Cc3cccc(F)c3)C4)CC2)c2ccccc2Oc2ccccc21. The van der Waals surface area contributed by atoms with Crippen LogP contribution in [-0.2, 0) is 23.3 Å². The van der Waals surface area contributed by atoms with Gasteiger partial charge in [0.2, 0.25) is 5.91 Å². The number of hydrogen-bond donors (Lipinski definition) is 1. The van der Waals surface area contributed by atoms with Crippen LogP contribution in [0.5, 0.6) is 11.5 Å². The molecule has 7 rings (SSSR count). The van der Waals surface area contributed by atoms with Crippen LogP contribution < -0.4 is 15.0 Å². The number of carbonyl (C=O) groups excluding carboxylic acids is 2. The van der Waals surface area contributed by atoms with Crippen LogP contribution in [0.2, 0.25) is 0 Å². The molecule has 1 saturated heterocycles. The number of ether oxygens (including phenoxy) is 1. The van der Waals surface area contributed by atoms with Crippen molar-refractivity contribution < 1.29 is 18.7 Å². The highest BCUT2D eigenvalue weighted by Crippen LogP contribution is 2.50. The highest BCUT2D eigenvalue weighted by Gasteiger charge is 2.47. The number of rotatable bonds is 9. The Morgan fingerprint density at radius 3 is 2.30 bits per heavy atom. The Bertz CT molecular complexity index is 1720. The number of anilines is 1. The molecule has 2 amide bonds. The van der Waals surface area contributed by atoms with Gasteiger partial charge in [0.1, 0.15) is 22.7 Å². The normalized spacial score (nSPS) is 16.8. The number of carbonyl (C=O) groups is 2. The number of likely N-dealkylation sites (N-methyl/N-ethyl adjacent to an activating group) is 1. The number of piperazine rings is 1. The second-order valence-corrected chi connectivity index (χ2v) is 12.4. The number of amides is 2. The van der Waals surface area contributed by atoms with Gasteiger partial charge in [-0.2, -0.15) is 0 Å². The molecule has 0 aliphatic carbocycles. The molecule has 8 heteroatoms. The highest BCUT2D eigenvalue weighted by molar-refractivity contribution is 5.99. The van der Waals surface area contributed by atoms with Crippen molar-refractivity contribution >= 4 is 17.5 Å². The number of fused-ring (bicyclic) bond motifs is 3. The fraction of sp³-hybridized carbons (Fsp3) is 0.316. The summed E-state index contributed by atoms with van der Waals surface area (Å²) in [7, 11) is 0. The predicted molar refractivity (Wildman–Crippen MR) is 177 cm³/mol. The molecule has 4 aromatic carbocycles. The smallest absolute Gasteiger partial charge is 0.254 e. The molecule has 0 spiro atoms. The number of nitrogens with zero attached hydrogens (tertiary/aromatic N) is 3. The van der Waals surface area contributed by atoms with Gasteiger partial charge in [-0.05, 0) is 73.8 Å². The molecule has 0 bridgehead atoms. The van der Waals surface area contributed by atoms with E-state index in [-0.39, 0.29) is 17.6 Å². The van der Waals surface area contributed by atoms with Gasteiger partial charge in [0, 0.05) is 68.2 Å². The standard InChI is InChI=1S/C38H39FN4O3/c1-2-40-37(45)38(32-11-3-5-13-34(32)46-35-14-6-4-12-33(35)38)17-8-18-41-19-21-42(22-20-41)30-16-15-28-26-43(36(44)31(28)24-30)25-27-9-7-10-29(39)23-27/h3-7,9-16,23-24H,2,8,17-22,25-26H2,1H3,(H,40,45). The molecule has 3 aliphatic heterocycles. The maximum Gasteiger partial charge on any atom is 0.254 e. The van der Waals surface area contributed by atoms with Gasteiger partial charge in [0.25, 0.3) is 5.91 Å². The van der Waals surface area contributed by atoms with Gasteiger partial charge in [-0.3, -0.25) is 14.5 Å². The number of benzene rings is 4. The first kappa shape index (κ1) is 30.0. The second-order valence-electron chi connectivity index (χ2n) is 12.4. The summed E-state index contributed by atoms with van der Waals surface area (Å²) >= 11 is 0. The summed E-state index contributed by atoms with van der Waals surface area (Å²) in [6, 6.07) is 28.5. The van der Waals surface area contributed by atoms with Gasteiger partial charge in [0.15, 0.2) is 0 Å². The van der Waals surface area contributed by atoms with Crippen molar-refractivity contribution in [2.24, 2.45) is 0 Å². The van der Waals surface area contributed by atoms with Crippen LogP contribution in [0.25, 0.3) is 0 Å². The lowest BCUT2D eigenvalue weighted by Gasteiger charge is -2.40. The molecule has 0 saturated carbocycles. The average molecular weight is 619 g/mol. The molecule has 46 heavy (non-hydrogen) atoms. The molecule has 1 fully saturated rings. The molecule has 0 radical (unpaired) electrons. The van der Waals surface area contributed by atoms with Gasteiger partial charge >= 0.3 is 0 Å². The minimum absolute atomic E-state index is 0.00274. The zero-order valence-corrected chi connectivity index (χ0v) is 26.2. The lowest BCUT2D eigenvalue weighted by atomic mass is 9.68. The zero-order valence-electron chi connectivity index (χ0n) is 26.2. The number of hydrogen-bond acceptors (Lipinski definition) is 5. The van der Waals surface area contributed by atoms with Crippen molar-refractivity contribution in [2.75, 3.05) is 44.2 Å². The predicted octanol–water partition coefficient (Wildman–Crippen LogP) is 6.11. The Labute approximate surface area is 269 Å². The van der Waals surface area contributed by atoms with Gasteiger partial charge in [-0.25, -0.2) is 4.39 Å². The van der Waals surface area contributed by atoms with Gasteiger partial charge in [-0.15, -0.1) is 0 Å². The Morgan fingerprint density at radius 2 is 1.61 bits per heavy atom. The van der Waals surface area contributed by atoms with Crippen LogP contribution in [0.4, 0.5) is 10.1 Å². The monoisotopic (exact) mass is 618 g/mol. The van der Waals surface area contributed by atoms with Crippen molar-refractivity contribution in [1.82, 2.24) is 15.1 Å². The number of halogens is 1. The van der Waals surface area contributed by atoms with E-state index < -0.39 is 5.41 Å². The van der Waals surface area contributed by atoms with Crippen LogP contribution in [0.3, 0.4) is 0 Å². The largest absolute Gasteiger partial charge is 0.457 e. The van der Waals surface area contributed by atoms with E-state index in [4.69, 9.17) is 4.74 Å². The molecule has 236 valence electrons. The second kappa shape index (κ2) is 12.6.